The zero-order valence-corrected chi connectivity index (χ0v) is 6.68. The van der Waals surface area contributed by atoms with E-state index in [0.717, 1.165) is 0 Å². The van der Waals surface area contributed by atoms with Crippen LogP contribution in [0, 0.1) is 0 Å². The van der Waals surface area contributed by atoms with Gasteiger partial charge < -0.3 is 0 Å². The summed E-state index contributed by atoms with van der Waals surface area (Å²) >= 11 is 2.24. The van der Waals surface area contributed by atoms with Crippen LogP contribution in [0.2, 0.25) is 6.82 Å². The molecule has 0 aliphatic rings. The molecule has 0 rings (SSSR count). The monoisotopic (exact) mass is 216 g/mol. The first-order chi connectivity index (χ1) is 2.27. The first-order valence-electron chi connectivity index (χ1n) is 1.15. The third kappa shape index (κ3) is 5.44. The Bertz CT molecular complexity index is 122. The van der Waals surface area contributed by atoms with Crippen LogP contribution in [0.5, 0.6) is 0 Å². The van der Waals surface area contributed by atoms with Crippen LogP contribution >= 0.6 is 35.5 Å². The van der Waals surface area contributed by atoms with Crippen molar-refractivity contribution in [1.82, 2.24) is 0 Å². The summed E-state index contributed by atoms with van der Waals surface area (Å²) in [5.74, 6) is 0. The summed E-state index contributed by atoms with van der Waals surface area (Å²) in [6.07, 6.45) is 2.05. The molecule has 0 saturated carbocycles. The molecule has 0 heterocycles. The maximum absolute atomic E-state index is 4.06. The van der Waals surface area contributed by atoms with Gasteiger partial charge in [0.25, 0.3) is 0 Å². The number of hydrogen-bond donors (Lipinski definition) is 0. The molecule has 0 N–H and O–H groups in total. The van der Waals surface area contributed by atoms with Crippen LogP contribution in [-0.2, 0) is 0 Å². The summed E-state index contributed by atoms with van der Waals surface area (Å²) in [5.41, 5.74) is 0. The summed E-state index contributed by atoms with van der Waals surface area (Å²) in [7, 11) is 4.06. The Morgan fingerprint density at radius 2 is 2.20 bits per heavy atom. The fourth-order valence-corrected chi connectivity index (χ4v) is 0. The predicted molar refractivity (Wildman–Crippen MR) is 40.1 cm³/mol. The minimum atomic E-state index is 0.217. The fourth-order valence-electron chi connectivity index (χ4n) is 0. The molecule has 0 aliphatic carbocycles. The van der Waals surface area contributed by atoms with Gasteiger partial charge in [-0.05, 0) is 0 Å². The van der Waals surface area contributed by atoms with Gasteiger partial charge in [0.15, 0.2) is 0 Å². The normalized spacial score (nSPS) is 10.2. The average Bonchev–Trinajstić information content (AvgIpc) is 1.38. The molecule has 0 amide bonds. The quantitative estimate of drug-likeness (QED) is 0.331. The van der Waals surface area contributed by atoms with Crippen LogP contribution in [0.3, 0.4) is 0 Å². The average molecular weight is 216 g/mol. The van der Waals surface area contributed by atoms with Crippen LogP contribution in [0.4, 0.5) is 0 Å². The van der Waals surface area contributed by atoms with E-state index in [0.29, 0.717) is 0 Å². The van der Waals surface area contributed by atoms with Crippen molar-refractivity contribution in [3.63, 3.8) is 0 Å². The Kier molecular flexibility index (Phi) is 4.68. The molecule has 0 aromatic rings. The molecule has 0 spiro atoms. The molecule has 0 saturated heterocycles. The van der Waals surface area contributed by atoms with Gasteiger partial charge in [-0.3, -0.25) is 0 Å². The van der Waals surface area contributed by atoms with Crippen LogP contribution in [0.15, 0.2) is 0 Å². The van der Waals surface area contributed by atoms with Gasteiger partial charge in [-0.2, -0.15) is 0 Å². The van der Waals surface area contributed by atoms with E-state index >= 15 is 0 Å². The molecule has 5 heavy (non-hydrogen) atoms. The van der Waals surface area contributed by atoms with E-state index in [1.165, 1.54) is 0 Å². The molecule has 0 aromatic heterocycles. The fraction of sp³-hybridized carbons (Fsp3) is 1.00. The first-order valence-corrected chi connectivity index (χ1v) is 6.03. The van der Waals surface area contributed by atoms with E-state index in [2.05, 4.69) is 29.0 Å². The zero-order valence-electron chi connectivity index (χ0n) is 2.81. The molecule has 4 heteroatoms. The second kappa shape index (κ2) is 3.63. The van der Waals surface area contributed by atoms with Crippen molar-refractivity contribution >= 4 is 41.6 Å². The molecule has 0 radical (unpaired) electrons. The van der Waals surface area contributed by atoms with Crippen molar-refractivity contribution in [1.29, 1.82) is 0 Å². The summed E-state index contributed by atoms with van der Waals surface area (Å²) in [4.78, 5) is 0. The number of halogens is 1. The maximum atomic E-state index is 4.06. The van der Waals surface area contributed by atoms with Crippen molar-refractivity contribution in [2.24, 2.45) is 0 Å². The van der Waals surface area contributed by atoms with Gasteiger partial charge in [0.2, 0.25) is 0 Å². The molecule has 0 aromatic carbocycles. The van der Waals surface area contributed by atoms with Gasteiger partial charge in [0, 0.05) is 0 Å². The minimum absolute atomic E-state index is 0.217. The van der Waals surface area contributed by atoms with E-state index in [4.69, 9.17) is 0 Å². The van der Waals surface area contributed by atoms with Crippen LogP contribution < -0.4 is 0 Å². The summed E-state index contributed by atoms with van der Waals surface area (Å²) in [5, 5.41) is 0. The van der Waals surface area contributed by atoms with Crippen molar-refractivity contribution < 1.29 is 0 Å². The molecule has 0 nitrogen and oxygen atoms in total. The second-order valence-electron chi connectivity index (χ2n) is 0.499. The molecule has 28 valence electrons. The van der Waals surface area contributed by atoms with E-state index in [1.54, 1.807) is 0 Å². The predicted octanol–water partition coefficient (Wildman–Crippen LogP) is 2.60. The third-order valence-corrected chi connectivity index (χ3v) is 2.74. The van der Waals surface area contributed by atoms with Crippen molar-refractivity contribution in [3.8, 4) is 0 Å². The molecular weight excluding hydrogens is 213 g/mol. The number of rotatable bonds is 0. The zero-order chi connectivity index (χ0) is 4.28. The Labute approximate surface area is 48.4 Å². The Hall–Kier alpha value is 1.44. The van der Waals surface area contributed by atoms with Gasteiger partial charge in [-0.1, -0.05) is 0 Å². The van der Waals surface area contributed by atoms with Crippen molar-refractivity contribution in [2.75, 3.05) is 0 Å². The van der Waals surface area contributed by atoms with E-state index in [9.17, 15) is 0 Å². The molecule has 0 fully saturated rings. The van der Waals surface area contributed by atoms with Gasteiger partial charge in [-0.25, -0.2) is 0 Å². The van der Waals surface area contributed by atoms with Gasteiger partial charge in [-0.15, -0.1) is 0 Å². The van der Waals surface area contributed by atoms with Crippen molar-refractivity contribution in [2.45, 2.75) is 6.82 Å². The van der Waals surface area contributed by atoms with E-state index in [1.807, 2.05) is 13.0 Å². The van der Waals surface area contributed by atoms with Crippen LogP contribution in [0.1, 0.15) is 0 Å². The second-order valence-corrected chi connectivity index (χ2v) is 7.61. The van der Waals surface area contributed by atoms with Crippen molar-refractivity contribution in [3.05, 3.63) is 0 Å². The summed E-state index contributed by atoms with van der Waals surface area (Å²) in [6.45, 7) is 2.22. The standard InChI is InChI=1S/CH3BIPS/c1-2-5(3)4/h1H3. The molecule has 0 aliphatic heterocycles. The Morgan fingerprint density at radius 1 is 2.00 bits per heavy atom. The summed E-state index contributed by atoms with van der Waals surface area (Å²) in [6, 6.07) is 0. The van der Waals surface area contributed by atoms with Gasteiger partial charge in [0.1, 0.15) is 0 Å². The van der Waals surface area contributed by atoms with Gasteiger partial charge in [0.05, 0.1) is 0 Å². The molecular formula is CH3BIPS. The third-order valence-electron chi connectivity index (χ3n) is 0.194. The van der Waals surface area contributed by atoms with E-state index < -0.39 is 0 Å². The SMILES string of the molecule is CB=S(#P)I. The first kappa shape index (κ1) is 6.44. The molecule has 0 bridgehead atoms. The van der Waals surface area contributed by atoms with Gasteiger partial charge >= 0.3 is 48.5 Å². The molecule has 0 atom stereocenters. The topological polar surface area (TPSA) is 0 Å². The van der Waals surface area contributed by atoms with Crippen LogP contribution in [0.25, 0.3) is 0 Å². The van der Waals surface area contributed by atoms with Crippen LogP contribution in [-0.4, -0.2) is 6.15 Å². The molecule has 0 unspecified atom stereocenters. The Morgan fingerprint density at radius 3 is 2.20 bits per heavy atom. The summed E-state index contributed by atoms with van der Waals surface area (Å²) < 4.78 is 0. The van der Waals surface area contributed by atoms with E-state index in [-0.39, 0.29) is 6.47 Å². The Balaban J connectivity index is 3.82. The number of hydrogen-bond acceptors (Lipinski definition) is 0.